The molecule has 0 bridgehead atoms. The number of rotatable bonds is 10. The van der Waals surface area contributed by atoms with E-state index >= 15 is 0 Å². The van der Waals surface area contributed by atoms with E-state index in [1.54, 1.807) is 0 Å². The van der Waals surface area contributed by atoms with Crippen LogP contribution >= 0.6 is 0 Å². The molecule has 0 aromatic carbocycles. The highest BCUT2D eigenvalue weighted by molar-refractivity contribution is 5.11. The number of aryl methyl sites for hydroxylation is 1. The number of aromatic nitrogens is 2. The lowest BCUT2D eigenvalue weighted by Gasteiger charge is -2.27. The van der Waals surface area contributed by atoms with Crippen molar-refractivity contribution in [2.45, 2.75) is 53.0 Å². The molecule has 0 aliphatic carbocycles. The molecular formula is C14H27N3O2. The van der Waals surface area contributed by atoms with Gasteiger partial charge in [0.1, 0.15) is 0 Å². The molecule has 1 atom stereocenters. The van der Waals surface area contributed by atoms with Crippen molar-refractivity contribution in [1.82, 2.24) is 15.1 Å². The Morgan fingerprint density at radius 3 is 2.37 bits per heavy atom. The molecule has 1 aromatic rings. The Morgan fingerprint density at radius 2 is 1.89 bits per heavy atom. The Morgan fingerprint density at radius 1 is 1.21 bits per heavy atom. The highest BCUT2D eigenvalue weighted by Crippen LogP contribution is 2.20. The smallest absolute Gasteiger partial charge is 0.176 e. The SMILES string of the molecule is CCCNC(c1cnn(CC)c1)C(OCC)OCC. The lowest BCUT2D eigenvalue weighted by atomic mass is 10.1. The molecule has 0 amide bonds. The van der Waals surface area contributed by atoms with Crippen molar-refractivity contribution < 1.29 is 9.47 Å². The van der Waals surface area contributed by atoms with Gasteiger partial charge in [0.25, 0.3) is 0 Å². The Hall–Kier alpha value is -0.910. The molecule has 5 heteroatoms. The molecule has 1 aromatic heterocycles. The van der Waals surface area contributed by atoms with Crippen LogP contribution < -0.4 is 5.32 Å². The molecule has 0 aliphatic heterocycles. The predicted molar refractivity (Wildman–Crippen MR) is 76.0 cm³/mol. The highest BCUT2D eigenvalue weighted by Gasteiger charge is 2.24. The summed E-state index contributed by atoms with van der Waals surface area (Å²) < 4.78 is 13.4. The minimum Gasteiger partial charge on any atom is -0.351 e. The molecule has 1 rings (SSSR count). The number of nitrogens with zero attached hydrogens (tertiary/aromatic N) is 2. The molecule has 0 spiro atoms. The van der Waals surface area contributed by atoms with E-state index in [0.717, 1.165) is 25.1 Å². The maximum absolute atomic E-state index is 5.72. The van der Waals surface area contributed by atoms with Crippen molar-refractivity contribution in [2.24, 2.45) is 0 Å². The number of hydrogen-bond donors (Lipinski definition) is 1. The van der Waals surface area contributed by atoms with Gasteiger partial charge < -0.3 is 14.8 Å². The van der Waals surface area contributed by atoms with Gasteiger partial charge in [-0.1, -0.05) is 6.92 Å². The van der Waals surface area contributed by atoms with Crippen LogP contribution in [0.1, 0.15) is 45.7 Å². The van der Waals surface area contributed by atoms with Crippen molar-refractivity contribution in [3.63, 3.8) is 0 Å². The van der Waals surface area contributed by atoms with Crippen LogP contribution in [0.5, 0.6) is 0 Å². The number of hydrogen-bond acceptors (Lipinski definition) is 4. The summed E-state index contributed by atoms with van der Waals surface area (Å²) in [6.07, 6.45) is 4.75. The minimum atomic E-state index is -0.268. The van der Waals surface area contributed by atoms with E-state index in [-0.39, 0.29) is 12.3 Å². The maximum Gasteiger partial charge on any atom is 0.176 e. The van der Waals surface area contributed by atoms with Gasteiger partial charge in [-0.15, -0.1) is 0 Å². The van der Waals surface area contributed by atoms with Crippen molar-refractivity contribution in [3.8, 4) is 0 Å². The first-order valence-electron chi connectivity index (χ1n) is 7.25. The molecule has 0 saturated carbocycles. The third-order valence-electron chi connectivity index (χ3n) is 2.88. The van der Waals surface area contributed by atoms with Crippen LogP contribution in [0.25, 0.3) is 0 Å². The molecule has 0 fully saturated rings. The first-order chi connectivity index (χ1) is 9.26. The van der Waals surface area contributed by atoms with Crippen LogP contribution in [0, 0.1) is 0 Å². The van der Waals surface area contributed by atoms with E-state index in [1.807, 2.05) is 24.7 Å². The van der Waals surface area contributed by atoms with E-state index in [2.05, 4.69) is 30.5 Å². The van der Waals surface area contributed by atoms with Crippen LogP contribution in [-0.2, 0) is 16.0 Å². The molecule has 5 nitrogen and oxygen atoms in total. The normalized spacial score (nSPS) is 13.1. The predicted octanol–water partition coefficient (Wildman–Crippen LogP) is 2.34. The van der Waals surface area contributed by atoms with Crippen LogP contribution in [0.2, 0.25) is 0 Å². The second-order valence-corrected chi connectivity index (χ2v) is 4.34. The van der Waals surface area contributed by atoms with Crippen molar-refractivity contribution in [3.05, 3.63) is 18.0 Å². The highest BCUT2D eigenvalue weighted by atomic mass is 16.7. The Balaban J connectivity index is 2.83. The first-order valence-corrected chi connectivity index (χ1v) is 7.25. The van der Waals surface area contributed by atoms with Crippen LogP contribution in [0.15, 0.2) is 12.4 Å². The Bertz CT molecular complexity index is 335. The summed E-state index contributed by atoms with van der Waals surface area (Å²) >= 11 is 0. The van der Waals surface area contributed by atoms with Crippen LogP contribution in [-0.4, -0.2) is 35.8 Å². The van der Waals surface area contributed by atoms with Crippen LogP contribution in [0.3, 0.4) is 0 Å². The summed E-state index contributed by atoms with van der Waals surface area (Å²) in [5.74, 6) is 0. The zero-order valence-electron chi connectivity index (χ0n) is 12.6. The summed E-state index contributed by atoms with van der Waals surface area (Å²) in [4.78, 5) is 0. The quantitative estimate of drug-likeness (QED) is 0.662. The Labute approximate surface area is 116 Å². The third-order valence-corrected chi connectivity index (χ3v) is 2.88. The molecule has 0 radical (unpaired) electrons. The molecular weight excluding hydrogens is 242 g/mol. The minimum absolute atomic E-state index is 0.0279. The monoisotopic (exact) mass is 269 g/mol. The van der Waals surface area contributed by atoms with E-state index in [9.17, 15) is 0 Å². The second kappa shape index (κ2) is 9.07. The van der Waals surface area contributed by atoms with Gasteiger partial charge in [-0.3, -0.25) is 4.68 Å². The van der Waals surface area contributed by atoms with Gasteiger partial charge in [0, 0.05) is 31.5 Å². The Kier molecular flexibility index (Phi) is 7.70. The molecule has 1 unspecified atom stereocenters. The molecule has 1 heterocycles. The van der Waals surface area contributed by atoms with Gasteiger partial charge in [-0.2, -0.15) is 5.10 Å². The third kappa shape index (κ3) is 4.93. The average molecular weight is 269 g/mol. The molecule has 110 valence electrons. The number of ether oxygens (including phenoxy) is 2. The van der Waals surface area contributed by atoms with Gasteiger partial charge in [-0.05, 0) is 33.7 Å². The van der Waals surface area contributed by atoms with Gasteiger partial charge in [0.2, 0.25) is 0 Å². The van der Waals surface area contributed by atoms with Crippen molar-refractivity contribution in [1.29, 1.82) is 0 Å². The van der Waals surface area contributed by atoms with E-state index < -0.39 is 0 Å². The average Bonchev–Trinajstić information content (AvgIpc) is 2.88. The van der Waals surface area contributed by atoms with Gasteiger partial charge in [0.15, 0.2) is 6.29 Å². The standard InChI is InChI=1S/C14H27N3O2/c1-5-9-15-13(14(18-7-3)19-8-4)12-10-16-17(6-2)11-12/h10-11,13-15H,5-9H2,1-4H3. The zero-order valence-corrected chi connectivity index (χ0v) is 12.6. The summed E-state index contributed by atoms with van der Waals surface area (Å²) in [7, 11) is 0. The van der Waals surface area contributed by atoms with E-state index in [4.69, 9.17) is 9.47 Å². The lowest BCUT2D eigenvalue weighted by Crippen LogP contribution is -2.36. The van der Waals surface area contributed by atoms with Crippen LogP contribution in [0.4, 0.5) is 0 Å². The fourth-order valence-corrected chi connectivity index (χ4v) is 1.95. The topological polar surface area (TPSA) is 48.3 Å². The molecule has 0 saturated heterocycles. The maximum atomic E-state index is 5.72. The van der Waals surface area contributed by atoms with E-state index in [0.29, 0.717) is 13.2 Å². The molecule has 0 aliphatic rings. The zero-order chi connectivity index (χ0) is 14.1. The second-order valence-electron chi connectivity index (χ2n) is 4.34. The molecule has 19 heavy (non-hydrogen) atoms. The van der Waals surface area contributed by atoms with Gasteiger partial charge in [-0.25, -0.2) is 0 Å². The van der Waals surface area contributed by atoms with Crippen molar-refractivity contribution in [2.75, 3.05) is 19.8 Å². The fraction of sp³-hybridized carbons (Fsp3) is 0.786. The lowest BCUT2D eigenvalue weighted by molar-refractivity contribution is -0.155. The van der Waals surface area contributed by atoms with Gasteiger partial charge in [0.05, 0.1) is 12.2 Å². The largest absolute Gasteiger partial charge is 0.351 e. The number of nitrogens with one attached hydrogen (secondary N) is 1. The summed E-state index contributed by atoms with van der Waals surface area (Å²) in [6.45, 7) is 11.3. The molecule has 1 N–H and O–H groups in total. The van der Waals surface area contributed by atoms with E-state index in [1.165, 1.54) is 0 Å². The summed E-state index contributed by atoms with van der Waals surface area (Å²) in [5, 5.41) is 7.82. The summed E-state index contributed by atoms with van der Waals surface area (Å²) in [5.41, 5.74) is 1.11. The fourth-order valence-electron chi connectivity index (χ4n) is 1.95. The van der Waals surface area contributed by atoms with Crippen molar-refractivity contribution >= 4 is 0 Å². The summed E-state index contributed by atoms with van der Waals surface area (Å²) in [6, 6.07) is 0.0279. The first kappa shape index (κ1) is 16.1. The van der Waals surface area contributed by atoms with Gasteiger partial charge >= 0.3 is 0 Å².